The molecule has 2 heterocycles. The Balaban J connectivity index is 1.86. The Kier molecular flexibility index (Phi) is 5.60. The number of hydrogen-bond acceptors (Lipinski definition) is 5. The highest BCUT2D eigenvalue weighted by atomic mass is 79.9. The molecule has 3 rings (SSSR count). The number of nitrogens with zero attached hydrogens (tertiary/aromatic N) is 3. The molecule has 0 aliphatic carbocycles. The third-order valence-corrected chi connectivity index (χ3v) is 3.93. The first kappa shape index (κ1) is 17.4. The van der Waals surface area contributed by atoms with E-state index in [1.54, 1.807) is 6.20 Å². The highest BCUT2D eigenvalue weighted by Gasteiger charge is 2.08. The highest BCUT2D eigenvalue weighted by Crippen LogP contribution is 2.20. The van der Waals surface area contributed by atoms with Crippen molar-refractivity contribution >= 4 is 27.7 Å². The van der Waals surface area contributed by atoms with Crippen LogP contribution >= 0.6 is 15.9 Å². The number of pyridine rings is 1. The first-order valence-corrected chi connectivity index (χ1v) is 8.95. The van der Waals surface area contributed by atoms with Crippen LogP contribution in [0.3, 0.4) is 0 Å². The van der Waals surface area contributed by atoms with Gasteiger partial charge in [0.2, 0.25) is 5.95 Å². The van der Waals surface area contributed by atoms with Gasteiger partial charge < -0.3 is 10.6 Å². The maximum atomic E-state index is 4.58. The Morgan fingerprint density at radius 3 is 2.60 bits per heavy atom. The van der Waals surface area contributed by atoms with E-state index in [9.17, 15) is 0 Å². The van der Waals surface area contributed by atoms with Crippen molar-refractivity contribution in [2.24, 2.45) is 0 Å². The molecule has 2 aromatic heterocycles. The van der Waals surface area contributed by atoms with Gasteiger partial charge in [-0.05, 0) is 43.7 Å². The summed E-state index contributed by atoms with van der Waals surface area (Å²) in [6.07, 6.45) is 1.77. The van der Waals surface area contributed by atoms with Gasteiger partial charge in [-0.15, -0.1) is 0 Å². The van der Waals surface area contributed by atoms with E-state index in [1.165, 1.54) is 5.56 Å². The standard InChI is InChI=1S/C19H20BrN5/c1-13(2)23-19-24-17(16-8-3-4-9-21-16)11-18(25-19)22-12-14-6-5-7-15(20)10-14/h3-11,13H,12H2,1-2H3,(H2,22,23,24,25). The van der Waals surface area contributed by atoms with E-state index >= 15 is 0 Å². The number of hydrogen-bond donors (Lipinski definition) is 2. The lowest BCUT2D eigenvalue weighted by atomic mass is 10.2. The Bertz CT molecular complexity index is 836. The summed E-state index contributed by atoms with van der Waals surface area (Å²) in [5.74, 6) is 1.36. The summed E-state index contributed by atoms with van der Waals surface area (Å²) in [5, 5.41) is 6.64. The van der Waals surface area contributed by atoms with Gasteiger partial charge in [0.15, 0.2) is 0 Å². The van der Waals surface area contributed by atoms with E-state index in [1.807, 2.05) is 36.4 Å². The molecule has 0 fully saturated rings. The molecule has 2 N–H and O–H groups in total. The fourth-order valence-corrected chi connectivity index (χ4v) is 2.79. The predicted molar refractivity (Wildman–Crippen MR) is 105 cm³/mol. The van der Waals surface area contributed by atoms with Gasteiger partial charge in [0, 0.05) is 29.3 Å². The summed E-state index contributed by atoms with van der Waals surface area (Å²) in [5.41, 5.74) is 2.78. The van der Waals surface area contributed by atoms with Crippen LogP contribution in [0.4, 0.5) is 11.8 Å². The minimum absolute atomic E-state index is 0.247. The van der Waals surface area contributed by atoms with Crippen LogP contribution in [0.15, 0.2) is 59.2 Å². The van der Waals surface area contributed by atoms with Crippen LogP contribution in [0.2, 0.25) is 0 Å². The van der Waals surface area contributed by atoms with Gasteiger partial charge in [0.1, 0.15) is 5.82 Å². The quantitative estimate of drug-likeness (QED) is 0.629. The number of rotatable bonds is 6. The van der Waals surface area contributed by atoms with Gasteiger partial charge in [-0.1, -0.05) is 34.1 Å². The van der Waals surface area contributed by atoms with E-state index in [2.05, 4.69) is 67.5 Å². The average Bonchev–Trinajstić information content (AvgIpc) is 2.60. The minimum Gasteiger partial charge on any atom is -0.366 e. The minimum atomic E-state index is 0.247. The molecular weight excluding hydrogens is 378 g/mol. The van der Waals surface area contributed by atoms with E-state index in [-0.39, 0.29) is 6.04 Å². The van der Waals surface area contributed by atoms with E-state index in [4.69, 9.17) is 0 Å². The van der Waals surface area contributed by atoms with Crippen molar-refractivity contribution in [2.45, 2.75) is 26.4 Å². The molecule has 25 heavy (non-hydrogen) atoms. The first-order valence-electron chi connectivity index (χ1n) is 8.15. The van der Waals surface area contributed by atoms with Crippen LogP contribution in [0.25, 0.3) is 11.4 Å². The third-order valence-electron chi connectivity index (χ3n) is 3.43. The van der Waals surface area contributed by atoms with Crippen LogP contribution in [0.1, 0.15) is 19.4 Å². The largest absolute Gasteiger partial charge is 0.366 e. The van der Waals surface area contributed by atoms with Crippen molar-refractivity contribution in [1.82, 2.24) is 15.0 Å². The Morgan fingerprint density at radius 1 is 1.00 bits per heavy atom. The Labute approximate surface area is 156 Å². The zero-order valence-electron chi connectivity index (χ0n) is 14.2. The third kappa shape index (κ3) is 5.00. The smallest absolute Gasteiger partial charge is 0.225 e. The first-order chi connectivity index (χ1) is 12.1. The second-order valence-corrected chi connectivity index (χ2v) is 6.88. The van der Waals surface area contributed by atoms with E-state index in [0.29, 0.717) is 12.5 Å². The molecule has 1 aromatic carbocycles. The zero-order valence-corrected chi connectivity index (χ0v) is 15.8. The lowest BCUT2D eigenvalue weighted by Gasteiger charge is -2.13. The summed E-state index contributed by atoms with van der Waals surface area (Å²) in [7, 11) is 0. The van der Waals surface area contributed by atoms with Gasteiger partial charge in [-0.2, -0.15) is 4.98 Å². The molecule has 0 aliphatic heterocycles. The van der Waals surface area contributed by atoms with Gasteiger partial charge >= 0.3 is 0 Å². The second-order valence-electron chi connectivity index (χ2n) is 5.96. The number of anilines is 2. The van der Waals surface area contributed by atoms with Crippen molar-refractivity contribution in [3.05, 3.63) is 64.8 Å². The zero-order chi connectivity index (χ0) is 17.6. The molecule has 0 saturated heterocycles. The van der Waals surface area contributed by atoms with Crippen molar-refractivity contribution < 1.29 is 0 Å². The number of aromatic nitrogens is 3. The van der Waals surface area contributed by atoms with Crippen molar-refractivity contribution in [3.8, 4) is 11.4 Å². The fourth-order valence-electron chi connectivity index (χ4n) is 2.35. The summed E-state index contributed by atoms with van der Waals surface area (Å²) in [6, 6.07) is 16.2. The van der Waals surface area contributed by atoms with Crippen molar-refractivity contribution in [1.29, 1.82) is 0 Å². The molecule has 3 aromatic rings. The molecule has 0 atom stereocenters. The van der Waals surface area contributed by atoms with Crippen LogP contribution in [-0.4, -0.2) is 21.0 Å². The molecule has 0 bridgehead atoms. The summed E-state index contributed by atoms with van der Waals surface area (Å²) < 4.78 is 1.06. The number of halogens is 1. The molecule has 0 spiro atoms. The van der Waals surface area contributed by atoms with Gasteiger partial charge in [0.05, 0.1) is 11.4 Å². The predicted octanol–water partition coefficient (Wildman–Crippen LogP) is 4.73. The van der Waals surface area contributed by atoms with Gasteiger partial charge in [-0.25, -0.2) is 4.98 Å². The summed E-state index contributed by atoms with van der Waals surface area (Å²) >= 11 is 3.50. The van der Waals surface area contributed by atoms with Crippen LogP contribution < -0.4 is 10.6 Å². The normalized spacial score (nSPS) is 10.7. The monoisotopic (exact) mass is 397 g/mol. The van der Waals surface area contributed by atoms with E-state index < -0.39 is 0 Å². The van der Waals surface area contributed by atoms with Crippen molar-refractivity contribution in [2.75, 3.05) is 10.6 Å². The lowest BCUT2D eigenvalue weighted by Crippen LogP contribution is -2.14. The molecule has 0 amide bonds. The van der Waals surface area contributed by atoms with Crippen LogP contribution in [-0.2, 0) is 6.54 Å². The SMILES string of the molecule is CC(C)Nc1nc(NCc2cccc(Br)c2)cc(-c2ccccn2)n1. The van der Waals surface area contributed by atoms with Crippen LogP contribution in [0, 0.1) is 0 Å². The second kappa shape index (κ2) is 8.07. The maximum Gasteiger partial charge on any atom is 0.225 e. The summed E-state index contributed by atoms with van der Waals surface area (Å²) in [6.45, 7) is 4.80. The van der Waals surface area contributed by atoms with Gasteiger partial charge in [0.25, 0.3) is 0 Å². The molecule has 0 saturated carbocycles. The summed E-state index contributed by atoms with van der Waals surface area (Å²) in [4.78, 5) is 13.5. The highest BCUT2D eigenvalue weighted by molar-refractivity contribution is 9.10. The number of benzene rings is 1. The molecule has 0 aliphatic rings. The molecule has 0 radical (unpaired) electrons. The van der Waals surface area contributed by atoms with Crippen LogP contribution in [0.5, 0.6) is 0 Å². The molecular formula is C19H20BrN5. The average molecular weight is 398 g/mol. The Morgan fingerprint density at radius 2 is 1.88 bits per heavy atom. The maximum absolute atomic E-state index is 4.58. The van der Waals surface area contributed by atoms with Gasteiger partial charge in [-0.3, -0.25) is 4.98 Å². The Hall–Kier alpha value is -2.47. The molecule has 0 unspecified atom stereocenters. The van der Waals surface area contributed by atoms with E-state index in [0.717, 1.165) is 21.7 Å². The molecule has 6 heteroatoms. The fraction of sp³-hybridized carbons (Fsp3) is 0.211. The number of nitrogens with one attached hydrogen (secondary N) is 2. The lowest BCUT2D eigenvalue weighted by molar-refractivity contribution is 0.874. The molecule has 128 valence electrons. The topological polar surface area (TPSA) is 62.7 Å². The van der Waals surface area contributed by atoms with Crippen molar-refractivity contribution in [3.63, 3.8) is 0 Å². The molecule has 5 nitrogen and oxygen atoms in total.